The molecule has 1 atom stereocenters. The number of rotatable bonds is 7. The molecule has 0 bridgehead atoms. The summed E-state index contributed by atoms with van der Waals surface area (Å²) in [6, 6.07) is 3.47. The zero-order chi connectivity index (χ0) is 14.4. The summed E-state index contributed by atoms with van der Waals surface area (Å²) < 4.78 is 9.98. The van der Waals surface area contributed by atoms with Gasteiger partial charge in [0.15, 0.2) is 0 Å². The van der Waals surface area contributed by atoms with Gasteiger partial charge >= 0.3 is 0 Å². The van der Waals surface area contributed by atoms with Crippen LogP contribution in [0.2, 0.25) is 10.0 Å². The van der Waals surface area contributed by atoms with E-state index in [0.29, 0.717) is 35.5 Å². The zero-order valence-electron chi connectivity index (χ0n) is 11.3. The van der Waals surface area contributed by atoms with Crippen LogP contribution in [0.25, 0.3) is 0 Å². The lowest BCUT2D eigenvalue weighted by atomic mass is 10.2. The third kappa shape index (κ3) is 5.16. The first kappa shape index (κ1) is 16.5. The van der Waals surface area contributed by atoms with E-state index < -0.39 is 6.10 Å². The van der Waals surface area contributed by atoms with E-state index in [4.69, 9.17) is 32.7 Å². The first-order valence-corrected chi connectivity index (χ1v) is 6.61. The largest absolute Gasteiger partial charge is 0.495 e. The van der Waals surface area contributed by atoms with Crippen molar-refractivity contribution in [3.05, 3.63) is 27.7 Å². The number of aliphatic hydroxyl groups is 1. The minimum absolute atomic E-state index is 0.307. The van der Waals surface area contributed by atoms with Crippen LogP contribution in [0.1, 0.15) is 5.56 Å². The van der Waals surface area contributed by atoms with Gasteiger partial charge in [0.05, 0.1) is 24.8 Å². The van der Waals surface area contributed by atoms with Crippen molar-refractivity contribution < 1.29 is 14.6 Å². The molecule has 4 nitrogen and oxygen atoms in total. The number of aliphatic hydroxyl groups excluding tert-OH is 1. The summed E-state index contributed by atoms with van der Waals surface area (Å²) in [5.74, 6) is 0.553. The Balaban J connectivity index is 2.69. The van der Waals surface area contributed by atoms with Gasteiger partial charge in [-0.05, 0) is 18.7 Å². The second kappa shape index (κ2) is 7.92. The van der Waals surface area contributed by atoms with Crippen molar-refractivity contribution in [3.63, 3.8) is 0 Å². The Labute approximate surface area is 123 Å². The van der Waals surface area contributed by atoms with E-state index in [-0.39, 0.29) is 0 Å². The van der Waals surface area contributed by atoms with Gasteiger partial charge in [-0.2, -0.15) is 0 Å². The van der Waals surface area contributed by atoms with Crippen LogP contribution in [0, 0.1) is 0 Å². The van der Waals surface area contributed by atoms with Gasteiger partial charge in [0.2, 0.25) is 0 Å². The minimum Gasteiger partial charge on any atom is -0.495 e. The average molecular weight is 308 g/mol. The molecule has 0 aliphatic carbocycles. The van der Waals surface area contributed by atoms with Crippen molar-refractivity contribution in [3.8, 4) is 5.75 Å². The number of halogens is 2. The molecule has 0 spiro atoms. The van der Waals surface area contributed by atoms with Gasteiger partial charge in [0.1, 0.15) is 5.75 Å². The Hall–Kier alpha value is -0.520. The second-order valence-electron chi connectivity index (χ2n) is 4.38. The predicted molar refractivity (Wildman–Crippen MR) is 77.2 cm³/mol. The molecule has 0 aliphatic rings. The normalized spacial score (nSPS) is 12.8. The fourth-order valence-electron chi connectivity index (χ4n) is 1.81. The highest BCUT2D eigenvalue weighted by Gasteiger charge is 2.12. The van der Waals surface area contributed by atoms with Gasteiger partial charge in [-0.3, -0.25) is 4.90 Å². The minimum atomic E-state index is -0.525. The molecule has 1 unspecified atom stereocenters. The molecule has 6 heteroatoms. The summed E-state index contributed by atoms with van der Waals surface area (Å²) in [5, 5.41) is 10.8. The molecule has 19 heavy (non-hydrogen) atoms. The van der Waals surface area contributed by atoms with Crippen molar-refractivity contribution in [2.24, 2.45) is 0 Å². The first-order valence-electron chi connectivity index (χ1n) is 5.85. The van der Waals surface area contributed by atoms with E-state index in [2.05, 4.69) is 0 Å². The molecule has 0 amide bonds. The van der Waals surface area contributed by atoms with Crippen LogP contribution in [0.5, 0.6) is 5.75 Å². The summed E-state index contributed by atoms with van der Waals surface area (Å²) in [6.45, 7) is 1.39. The molecule has 0 saturated heterocycles. The van der Waals surface area contributed by atoms with E-state index in [1.54, 1.807) is 26.4 Å². The highest BCUT2D eigenvalue weighted by molar-refractivity contribution is 6.34. The Morgan fingerprint density at radius 2 is 1.95 bits per heavy atom. The average Bonchev–Trinajstić information content (AvgIpc) is 2.33. The SMILES string of the molecule is COCC(O)CN(C)Cc1cc(Cl)c(OC)cc1Cl. The fourth-order valence-corrected chi connectivity index (χ4v) is 2.28. The van der Waals surface area contributed by atoms with E-state index in [1.807, 2.05) is 11.9 Å². The van der Waals surface area contributed by atoms with Crippen molar-refractivity contribution in [2.75, 3.05) is 34.4 Å². The molecule has 0 fully saturated rings. The quantitative estimate of drug-likeness (QED) is 0.840. The second-order valence-corrected chi connectivity index (χ2v) is 5.20. The summed E-state index contributed by atoms with van der Waals surface area (Å²) in [5.41, 5.74) is 0.889. The number of nitrogens with zero attached hydrogens (tertiary/aromatic N) is 1. The Bertz CT molecular complexity index is 415. The molecule has 1 N–H and O–H groups in total. The molecule has 1 aromatic carbocycles. The Morgan fingerprint density at radius 1 is 1.26 bits per heavy atom. The molecule has 0 saturated carbocycles. The van der Waals surface area contributed by atoms with Crippen LogP contribution in [0.3, 0.4) is 0 Å². The Kier molecular flexibility index (Phi) is 6.89. The molecule has 0 heterocycles. The molecule has 0 radical (unpaired) electrons. The topological polar surface area (TPSA) is 41.9 Å². The maximum atomic E-state index is 9.66. The van der Waals surface area contributed by atoms with Gasteiger partial charge in [-0.25, -0.2) is 0 Å². The van der Waals surface area contributed by atoms with E-state index in [9.17, 15) is 5.11 Å². The van der Waals surface area contributed by atoms with Crippen molar-refractivity contribution in [1.82, 2.24) is 4.90 Å². The van der Waals surface area contributed by atoms with Crippen LogP contribution >= 0.6 is 23.2 Å². The Morgan fingerprint density at radius 3 is 2.53 bits per heavy atom. The van der Waals surface area contributed by atoms with Gasteiger partial charge in [-0.1, -0.05) is 23.2 Å². The summed E-state index contributed by atoms with van der Waals surface area (Å²) in [6.07, 6.45) is -0.525. The molecule has 1 aromatic rings. The van der Waals surface area contributed by atoms with E-state index in [0.717, 1.165) is 5.56 Å². The van der Waals surface area contributed by atoms with Crippen molar-refractivity contribution >= 4 is 23.2 Å². The van der Waals surface area contributed by atoms with Crippen molar-refractivity contribution in [2.45, 2.75) is 12.6 Å². The van der Waals surface area contributed by atoms with Gasteiger partial charge in [0.25, 0.3) is 0 Å². The molecule has 108 valence electrons. The van der Waals surface area contributed by atoms with Crippen LogP contribution in [0.4, 0.5) is 0 Å². The smallest absolute Gasteiger partial charge is 0.138 e. The molecule has 0 aromatic heterocycles. The van der Waals surface area contributed by atoms with Crippen LogP contribution in [0.15, 0.2) is 12.1 Å². The van der Waals surface area contributed by atoms with Crippen LogP contribution in [-0.4, -0.2) is 50.5 Å². The number of ether oxygens (including phenoxy) is 2. The number of likely N-dealkylation sites (N-methyl/N-ethyl adjacent to an activating group) is 1. The van der Waals surface area contributed by atoms with Crippen LogP contribution < -0.4 is 4.74 Å². The van der Waals surface area contributed by atoms with Gasteiger partial charge in [-0.15, -0.1) is 0 Å². The lowest BCUT2D eigenvalue weighted by Gasteiger charge is -2.21. The summed E-state index contributed by atoms with van der Waals surface area (Å²) >= 11 is 12.2. The standard InChI is InChI=1S/C13H19Cl2NO3/c1-16(7-10(17)8-18-2)6-9-4-12(15)13(19-3)5-11(9)14/h4-5,10,17H,6-8H2,1-3H3. The number of methoxy groups -OCH3 is 2. The summed E-state index contributed by atoms with van der Waals surface area (Å²) in [4.78, 5) is 1.95. The zero-order valence-corrected chi connectivity index (χ0v) is 12.8. The maximum Gasteiger partial charge on any atom is 0.138 e. The first-order chi connectivity index (χ1) is 8.97. The fraction of sp³-hybridized carbons (Fsp3) is 0.538. The molecular weight excluding hydrogens is 289 g/mol. The highest BCUT2D eigenvalue weighted by atomic mass is 35.5. The maximum absolute atomic E-state index is 9.66. The molecule has 0 aliphatic heterocycles. The monoisotopic (exact) mass is 307 g/mol. The third-order valence-corrected chi connectivity index (χ3v) is 3.29. The third-order valence-electron chi connectivity index (χ3n) is 2.64. The molecule has 1 rings (SSSR count). The number of benzene rings is 1. The lowest BCUT2D eigenvalue weighted by molar-refractivity contribution is 0.0419. The van der Waals surface area contributed by atoms with Crippen LogP contribution in [-0.2, 0) is 11.3 Å². The lowest BCUT2D eigenvalue weighted by Crippen LogP contribution is -2.31. The highest BCUT2D eigenvalue weighted by Crippen LogP contribution is 2.31. The van der Waals surface area contributed by atoms with E-state index in [1.165, 1.54) is 0 Å². The van der Waals surface area contributed by atoms with Gasteiger partial charge < -0.3 is 14.6 Å². The van der Waals surface area contributed by atoms with E-state index >= 15 is 0 Å². The van der Waals surface area contributed by atoms with Crippen molar-refractivity contribution in [1.29, 1.82) is 0 Å². The molecular formula is C13H19Cl2NO3. The number of hydrogen-bond acceptors (Lipinski definition) is 4. The number of hydrogen-bond donors (Lipinski definition) is 1. The summed E-state index contributed by atoms with van der Waals surface area (Å²) in [7, 11) is 5.00. The van der Waals surface area contributed by atoms with Gasteiger partial charge in [0, 0.05) is 31.3 Å². The predicted octanol–water partition coefficient (Wildman–Crippen LogP) is 2.44.